The minimum atomic E-state index is -0.425. The number of hydrogen-bond acceptors (Lipinski definition) is 5. The van der Waals surface area contributed by atoms with Crippen LogP contribution in [0.4, 0.5) is 5.69 Å². The van der Waals surface area contributed by atoms with E-state index in [4.69, 9.17) is 11.6 Å². The number of halogens is 1. The van der Waals surface area contributed by atoms with Gasteiger partial charge in [-0.1, -0.05) is 35.5 Å². The minimum Gasteiger partial charge on any atom is -0.258 e. The zero-order valence-corrected chi connectivity index (χ0v) is 14.0. The summed E-state index contributed by atoms with van der Waals surface area (Å²) in [6.45, 7) is 0. The number of nitro groups is 1. The number of thioether (sulfide) groups is 1. The Balaban J connectivity index is 1.66. The fourth-order valence-electron chi connectivity index (χ4n) is 2.04. The molecule has 2 aromatic carbocycles. The van der Waals surface area contributed by atoms with Crippen LogP contribution in [-0.4, -0.2) is 15.1 Å². The highest BCUT2D eigenvalue weighted by atomic mass is 35.5. The SMILES string of the molecule is O=[N+]([O-])c1ccc(-c2ccc(SCc3ccc(Cl)cc3)nn2)cc1. The quantitative estimate of drug-likeness (QED) is 0.365. The summed E-state index contributed by atoms with van der Waals surface area (Å²) in [4.78, 5) is 10.2. The molecule has 0 spiro atoms. The van der Waals surface area contributed by atoms with Crippen LogP contribution in [0.15, 0.2) is 65.7 Å². The van der Waals surface area contributed by atoms with Crippen molar-refractivity contribution in [3.63, 3.8) is 0 Å². The van der Waals surface area contributed by atoms with E-state index in [1.807, 2.05) is 36.4 Å². The molecule has 0 N–H and O–H groups in total. The molecule has 120 valence electrons. The number of non-ortho nitro benzene ring substituents is 1. The highest BCUT2D eigenvalue weighted by Crippen LogP contribution is 2.24. The monoisotopic (exact) mass is 357 g/mol. The number of hydrogen-bond donors (Lipinski definition) is 0. The smallest absolute Gasteiger partial charge is 0.258 e. The Morgan fingerprint density at radius 1 is 0.958 bits per heavy atom. The summed E-state index contributed by atoms with van der Waals surface area (Å²) < 4.78 is 0. The Morgan fingerprint density at radius 3 is 2.25 bits per heavy atom. The third kappa shape index (κ3) is 4.10. The lowest BCUT2D eigenvalue weighted by Crippen LogP contribution is -1.91. The van der Waals surface area contributed by atoms with Gasteiger partial charge in [0.25, 0.3) is 5.69 Å². The molecule has 0 aliphatic heterocycles. The van der Waals surface area contributed by atoms with Crippen molar-refractivity contribution in [2.24, 2.45) is 0 Å². The lowest BCUT2D eigenvalue weighted by atomic mass is 10.1. The highest BCUT2D eigenvalue weighted by molar-refractivity contribution is 7.98. The molecule has 1 heterocycles. The maximum Gasteiger partial charge on any atom is 0.269 e. The van der Waals surface area contributed by atoms with Crippen LogP contribution < -0.4 is 0 Å². The fourth-order valence-corrected chi connectivity index (χ4v) is 2.94. The number of rotatable bonds is 5. The van der Waals surface area contributed by atoms with E-state index in [1.54, 1.807) is 23.9 Å². The molecule has 5 nitrogen and oxygen atoms in total. The summed E-state index contributed by atoms with van der Waals surface area (Å²) in [6.07, 6.45) is 0. The van der Waals surface area contributed by atoms with E-state index in [-0.39, 0.29) is 5.69 Å². The molecule has 0 fully saturated rings. The molecule has 1 aromatic heterocycles. The van der Waals surface area contributed by atoms with E-state index in [0.717, 1.165) is 26.9 Å². The van der Waals surface area contributed by atoms with E-state index >= 15 is 0 Å². The summed E-state index contributed by atoms with van der Waals surface area (Å²) in [5.74, 6) is 0.780. The van der Waals surface area contributed by atoms with Crippen LogP contribution in [-0.2, 0) is 5.75 Å². The summed E-state index contributed by atoms with van der Waals surface area (Å²) in [5.41, 5.74) is 2.69. The lowest BCUT2D eigenvalue weighted by molar-refractivity contribution is -0.384. The molecule has 3 aromatic rings. The molecule has 7 heteroatoms. The number of nitrogens with zero attached hydrogens (tertiary/aromatic N) is 3. The van der Waals surface area contributed by atoms with Gasteiger partial charge in [0.05, 0.1) is 10.6 Å². The Morgan fingerprint density at radius 2 is 1.67 bits per heavy atom. The van der Waals surface area contributed by atoms with E-state index in [1.165, 1.54) is 12.1 Å². The Labute approximate surface area is 147 Å². The van der Waals surface area contributed by atoms with Crippen molar-refractivity contribution in [3.8, 4) is 11.3 Å². The number of benzene rings is 2. The molecule has 0 unspecified atom stereocenters. The first kappa shape index (κ1) is 16.4. The second-order valence-electron chi connectivity index (χ2n) is 4.98. The van der Waals surface area contributed by atoms with Gasteiger partial charge in [-0.25, -0.2) is 0 Å². The normalized spacial score (nSPS) is 10.5. The van der Waals surface area contributed by atoms with Crippen molar-refractivity contribution in [1.82, 2.24) is 10.2 Å². The minimum absolute atomic E-state index is 0.0573. The molecule has 3 rings (SSSR count). The van der Waals surface area contributed by atoms with Gasteiger partial charge in [-0.2, -0.15) is 0 Å². The molecule has 0 saturated heterocycles. The van der Waals surface area contributed by atoms with Gasteiger partial charge in [0.15, 0.2) is 0 Å². The summed E-state index contributed by atoms with van der Waals surface area (Å²) in [6, 6.07) is 17.7. The maximum atomic E-state index is 10.7. The van der Waals surface area contributed by atoms with Crippen molar-refractivity contribution < 1.29 is 4.92 Å². The van der Waals surface area contributed by atoms with Crippen LogP contribution in [0.25, 0.3) is 11.3 Å². The van der Waals surface area contributed by atoms with Crippen molar-refractivity contribution in [2.45, 2.75) is 10.8 Å². The third-order valence-electron chi connectivity index (χ3n) is 3.31. The standard InChI is InChI=1S/C17H12ClN3O2S/c18-14-5-1-12(2-6-14)11-24-17-10-9-16(19-20-17)13-3-7-15(8-4-13)21(22)23/h1-10H,11H2. The summed E-state index contributed by atoms with van der Waals surface area (Å²) in [7, 11) is 0. The number of nitro benzene ring substituents is 1. The topological polar surface area (TPSA) is 68.9 Å². The fraction of sp³-hybridized carbons (Fsp3) is 0.0588. The van der Waals surface area contributed by atoms with Gasteiger partial charge in [0.2, 0.25) is 0 Å². The second kappa shape index (κ2) is 7.42. The van der Waals surface area contributed by atoms with Gasteiger partial charge in [0.1, 0.15) is 5.03 Å². The molecule has 0 radical (unpaired) electrons. The lowest BCUT2D eigenvalue weighted by Gasteiger charge is -2.03. The van der Waals surface area contributed by atoms with E-state index in [0.29, 0.717) is 5.69 Å². The largest absolute Gasteiger partial charge is 0.269 e. The van der Waals surface area contributed by atoms with Crippen LogP contribution in [0.2, 0.25) is 5.02 Å². The molecular formula is C17H12ClN3O2S. The van der Waals surface area contributed by atoms with Gasteiger partial charge in [-0.3, -0.25) is 10.1 Å². The van der Waals surface area contributed by atoms with E-state index in [9.17, 15) is 10.1 Å². The van der Waals surface area contributed by atoms with Gasteiger partial charge in [-0.15, -0.1) is 10.2 Å². The summed E-state index contributed by atoms with van der Waals surface area (Å²) in [5, 5.41) is 20.6. The molecule has 0 aliphatic rings. The Hall–Kier alpha value is -2.44. The van der Waals surface area contributed by atoms with Crippen molar-refractivity contribution in [3.05, 3.63) is 81.4 Å². The zero-order valence-electron chi connectivity index (χ0n) is 12.4. The maximum absolute atomic E-state index is 10.7. The third-order valence-corrected chi connectivity index (χ3v) is 4.56. The summed E-state index contributed by atoms with van der Waals surface area (Å²) >= 11 is 7.45. The van der Waals surface area contributed by atoms with Crippen LogP contribution in [0, 0.1) is 10.1 Å². The van der Waals surface area contributed by atoms with Crippen molar-refractivity contribution in [1.29, 1.82) is 0 Å². The average Bonchev–Trinajstić information content (AvgIpc) is 2.62. The molecule has 0 amide bonds. The first-order valence-corrected chi connectivity index (χ1v) is 8.44. The Bertz CT molecular complexity index is 837. The molecule has 0 bridgehead atoms. The van der Waals surface area contributed by atoms with Crippen LogP contribution in [0.3, 0.4) is 0 Å². The van der Waals surface area contributed by atoms with Crippen molar-refractivity contribution >= 4 is 29.1 Å². The van der Waals surface area contributed by atoms with Gasteiger partial charge >= 0.3 is 0 Å². The molecule has 0 aliphatic carbocycles. The van der Waals surface area contributed by atoms with Gasteiger partial charge < -0.3 is 0 Å². The average molecular weight is 358 g/mol. The van der Waals surface area contributed by atoms with Gasteiger partial charge in [-0.05, 0) is 42.0 Å². The van der Waals surface area contributed by atoms with Crippen molar-refractivity contribution in [2.75, 3.05) is 0 Å². The predicted octanol–water partition coefficient (Wildman–Crippen LogP) is 5.00. The first-order chi connectivity index (χ1) is 11.6. The Kier molecular flexibility index (Phi) is 5.08. The van der Waals surface area contributed by atoms with Crippen LogP contribution >= 0.6 is 23.4 Å². The van der Waals surface area contributed by atoms with Crippen LogP contribution in [0.1, 0.15) is 5.56 Å². The second-order valence-corrected chi connectivity index (χ2v) is 6.41. The highest BCUT2D eigenvalue weighted by Gasteiger charge is 2.07. The first-order valence-electron chi connectivity index (χ1n) is 7.07. The molecular weight excluding hydrogens is 346 g/mol. The molecule has 24 heavy (non-hydrogen) atoms. The predicted molar refractivity (Wildman–Crippen MR) is 95.1 cm³/mol. The molecule has 0 atom stereocenters. The van der Waals surface area contributed by atoms with Gasteiger partial charge in [0, 0.05) is 28.5 Å². The molecule has 0 saturated carbocycles. The zero-order chi connectivity index (χ0) is 16.9. The van der Waals surface area contributed by atoms with E-state index < -0.39 is 4.92 Å². The van der Waals surface area contributed by atoms with Crippen LogP contribution in [0.5, 0.6) is 0 Å². The van der Waals surface area contributed by atoms with E-state index in [2.05, 4.69) is 10.2 Å². The number of aromatic nitrogens is 2.